The standard InChI is InChI=1S/C13H12ClF2N3/c1-2-3-12-18-11(14)7-13(19-12)17-10-6-8(15)4-5-9(10)16/h4-7H,2-3H2,1H3,(H,17,18,19). The van der Waals surface area contributed by atoms with Gasteiger partial charge in [-0.1, -0.05) is 18.5 Å². The van der Waals surface area contributed by atoms with Gasteiger partial charge < -0.3 is 5.32 Å². The first-order valence-electron chi connectivity index (χ1n) is 5.84. The molecule has 0 aliphatic rings. The number of hydrogen-bond donors (Lipinski definition) is 1. The first-order valence-corrected chi connectivity index (χ1v) is 6.22. The fraction of sp³-hybridized carbons (Fsp3) is 0.231. The lowest BCUT2D eigenvalue weighted by Gasteiger charge is -2.08. The smallest absolute Gasteiger partial charge is 0.146 e. The molecule has 0 aliphatic heterocycles. The molecule has 1 aromatic heterocycles. The minimum Gasteiger partial charge on any atom is -0.338 e. The lowest BCUT2D eigenvalue weighted by Crippen LogP contribution is -2.02. The second-order valence-corrected chi connectivity index (χ2v) is 4.38. The van der Waals surface area contributed by atoms with E-state index < -0.39 is 11.6 Å². The summed E-state index contributed by atoms with van der Waals surface area (Å²) in [5.74, 6) is -0.187. The molecule has 0 bridgehead atoms. The van der Waals surface area contributed by atoms with Crippen molar-refractivity contribution in [2.24, 2.45) is 0 Å². The van der Waals surface area contributed by atoms with Crippen molar-refractivity contribution in [1.29, 1.82) is 0 Å². The molecule has 0 saturated carbocycles. The molecule has 2 rings (SSSR count). The molecule has 0 radical (unpaired) electrons. The molecule has 1 N–H and O–H groups in total. The number of nitrogens with zero attached hydrogens (tertiary/aromatic N) is 2. The normalized spacial score (nSPS) is 10.5. The van der Waals surface area contributed by atoms with Crippen molar-refractivity contribution in [3.63, 3.8) is 0 Å². The lowest BCUT2D eigenvalue weighted by molar-refractivity contribution is 0.603. The molecule has 2 aromatic rings. The van der Waals surface area contributed by atoms with Gasteiger partial charge in [0, 0.05) is 18.6 Å². The van der Waals surface area contributed by atoms with Gasteiger partial charge in [0.25, 0.3) is 0 Å². The summed E-state index contributed by atoms with van der Waals surface area (Å²) < 4.78 is 26.6. The van der Waals surface area contributed by atoms with E-state index in [2.05, 4.69) is 15.3 Å². The highest BCUT2D eigenvalue weighted by Crippen LogP contribution is 2.21. The van der Waals surface area contributed by atoms with Crippen LogP contribution in [-0.4, -0.2) is 9.97 Å². The topological polar surface area (TPSA) is 37.8 Å². The van der Waals surface area contributed by atoms with E-state index in [1.54, 1.807) is 0 Å². The molecule has 0 saturated heterocycles. The van der Waals surface area contributed by atoms with E-state index in [4.69, 9.17) is 11.6 Å². The third-order valence-corrected chi connectivity index (χ3v) is 2.60. The van der Waals surface area contributed by atoms with Crippen LogP contribution in [0.25, 0.3) is 0 Å². The van der Waals surface area contributed by atoms with E-state index in [0.717, 1.165) is 24.6 Å². The Kier molecular flexibility index (Phi) is 4.27. The van der Waals surface area contributed by atoms with Gasteiger partial charge in [0.2, 0.25) is 0 Å². The Bertz CT molecular complexity index is 590. The minimum absolute atomic E-state index is 0.0113. The quantitative estimate of drug-likeness (QED) is 0.858. The van der Waals surface area contributed by atoms with Crippen LogP contribution in [-0.2, 0) is 6.42 Å². The van der Waals surface area contributed by atoms with E-state index >= 15 is 0 Å². The Labute approximate surface area is 114 Å². The summed E-state index contributed by atoms with van der Waals surface area (Å²) in [4.78, 5) is 8.25. The van der Waals surface area contributed by atoms with Crippen molar-refractivity contribution in [2.45, 2.75) is 19.8 Å². The van der Waals surface area contributed by atoms with E-state index in [1.165, 1.54) is 6.07 Å². The van der Waals surface area contributed by atoms with Crippen LogP contribution in [0.4, 0.5) is 20.3 Å². The summed E-state index contributed by atoms with van der Waals surface area (Å²) in [6.45, 7) is 1.99. The maximum atomic E-state index is 13.5. The molecular weight excluding hydrogens is 272 g/mol. The van der Waals surface area contributed by atoms with Gasteiger partial charge in [-0.2, -0.15) is 0 Å². The van der Waals surface area contributed by atoms with Gasteiger partial charge in [-0.05, 0) is 18.6 Å². The number of nitrogens with one attached hydrogen (secondary N) is 1. The molecule has 1 aromatic carbocycles. The summed E-state index contributed by atoms with van der Waals surface area (Å²) in [5.41, 5.74) is 0.0113. The van der Waals surface area contributed by atoms with Crippen LogP contribution in [0.3, 0.4) is 0 Å². The summed E-state index contributed by atoms with van der Waals surface area (Å²) >= 11 is 5.86. The van der Waals surface area contributed by atoms with Crippen LogP contribution < -0.4 is 5.32 Å². The molecule has 1 heterocycles. The predicted molar refractivity (Wildman–Crippen MR) is 70.7 cm³/mol. The predicted octanol–water partition coefficient (Wildman–Crippen LogP) is 4.10. The molecule has 100 valence electrons. The van der Waals surface area contributed by atoms with Crippen LogP contribution in [0.1, 0.15) is 19.2 Å². The summed E-state index contributed by atoms with van der Waals surface area (Å²) in [6, 6.07) is 4.62. The number of aryl methyl sites for hydroxylation is 1. The monoisotopic (exact) mass is 283 g/mol. The Morgan fingerprint density at radius 2 is 2.00 bits per heavy atom. The van der Waals surface area contributed by atoms with Gasteiger partial charge in [-0.25, -0.2) is 18.7 Å². The first kappa shape index (κ1) is 13.7. The Hall–Kier alpha value is -1.75. The summed E-state index contributed by atoms with van der Waals surface area (Å²) in [6.07, 6.45) is 1.54. The average molecular weight is 284 g/mol. The molecule has 19 heavy (non-hydrogen) atoms. The van der Waals surface area contributed by atoms with Gasteiger partial charge in [0.05, 0.1) is 5.69 Å². The van der Waals surface area contributed by atoms with E-state index in [9.17, 15) is 8.78 Å². The fourth-order valence-electron chi connectivity index (χ4n) is 1.60. The van der Waals surface area contributed by atoms with Crippen LogP contribution in [0.2, 0.25) is 5.15 Å². The zero-order chi connectivity index (χ0) is 13.8. The lowest BCUT2D eigenvalue weighted by atomic mass is 10.3. The Morgan fingerprint density at radius 1 is 1.21 bits per heavy atom. The van der Waals surface area contributed by atoms with Gasteiger partial charge in [-0.3, -0.25) is 0 Å². The van der Waals surface area contributed by atoms with E-state index in [1.807, 2.05) is 6.92 Å². The minimum atomic E-state index is -0.562. The van der Waals surface area contributed by atoms with Crippen LogP contribution >= 0.6 is 11.6 Å². The largest absolute Gasteiger partial charge is 0.338 e. The van der Waals surface area contributed by atoms with E-state index in [-0.39, 0.29) is 10.8 Å². The van der Waals surface area contributed by atoms with Crippen molar-refractivity contribution in [3.8, 4) is 0 Å². The number of benzene rings is 1. The molecular formula is C13H12ClF2N3. The SMILES string of the molecule is CCCc1nc(Cl)cc(Nc2cc(F)ccc2F)n1. The summed E-state index contributed by atoms with van der Waals surface area (Å²) in [5, 5.41) is 2.96. The van der Waals surface area contributed by atoms with Gasteiger partial charge >= 0.3 is 0 Å². The number of aromatic nitrogens is 2. The van der Waals surface area contributed by atoms with Gasteiger partial charge in [-0.15, -0.1) is 0 Å². The molecule has 6 heteroatoms. The molecule has 0 unspecified atom stereocenters. The highest BCUT2D eigenvalue weighted by molar-refractivity contribution is 6.29. The van der Waals surface area contributed by atoms with Crippen molar-refractivity contribution >= 4 is 23.1 Å². The highest BCUT2D eigenvalue weighted by Gasteiger charge is 2.07. The zero-order valence-corrected chi connectivity index (χ0v) is 11.0. The van der Waals surface area contributed by atoms with Gasteiger partial charge in [0.1, 0.15) is 28.4 Å². The molecule has 0 atom stereocenters. The van der Waals surface area contributed by atoms with Crippen molar-refractivity contribution in [2.75, 3.05) is 5.32 Å². The summed E-state index contributed by atoms with van der Waals surface area (Å²) in [7, 11) is 0. The van der Waals surface area contributed by atoms with Crippen LogP contribution in [0, 0.1) is 11.6 Å². The number of anilines is 2. The number of rotatable bonds is 4. The van der Waals surface area contributed by atoms with Gasteiger partial charge in [0.15, 0.2) is 0 Å². The van der Waals surface area contributed by atoms with Crippen LogP contribution in [0.5, 0.6) is 0 Å². The number of halogens is 3. The van der Waals surface area contributed by atoms with Crippen molar-refractivity contribution < 1.29 is 8.78 Å². The van der Waals surface area contributed by atoms with Crippen molar-refractivity contribution in [1.82, 2.24) is 9.97 Å². The molecule has 0 amide bonds. The van der Waals surface area contributed by atoms with Crippen LogP contribution in [0.15, 0.2) is 24.3 Å². The third-order valence-electron chi connectivity index (χ3n) is 2.41. The molecule has 3 nitrogen and oxygen atoms in total. The molecule has 0 fully saturated rings. The highest BCUT2D eigenvalue weighted by atomic mass is 35.5. The first-order chi connectivity index (χ1) is 9.08. The van der Waals surface area contributed by atoms with Crippen molar-refractivity contribution in [3.05, 3.63) is 46.9 Å². The third kappa shape index (κ3) is 3.61. The number of hydrogen-bond acceptors (Lipinski definition) is 3. The maximum absolute atomic E-state index is 13.5. The molecule has 0 spiro atoms. The fourth-order valence-corrected chi connectivity index (χ4v) is 1.80. The Balaban J connectivity index is 2.29. The second-order valence-electron chi connectivity index (χ2n) is 3.99. The average Bonchev–Trinajstić information content (AvgIpc) is 2.33. The Morgan fingerprint density at radius 3 is 2.74 bits per heavy atom. The zero-order valence-electron chi connectivity index (χ0n) is 10.3. The van der Waals surface area contributed by atoms with E-state index in [0.29, 0.717) is 18.1 Å². The maximum Gasteiger partial charge on any atom is 0.146 e. The molecule has 0 aliphatic carbocycles. The second kappa shape index (κ2) is 5.93.